The largest absolute Gasteiger partial charge is 0.441 e. The molecule has 7 heteroatoms. The van der Waals surface area contributed by atoms with Crippen LogP contribution in [0.1, 0.15) is 17.2 Å². The third-order valence-electron chi connectivity index (χ3n) is 2.91. The first-order chi connectivity index (χ1) is 9.72. The summed E-state index contributed by atoms with van der Waals surface area (Å²) >= 11 is -0.134. The maximum atomic E-state index is 12.2. The van der Waals surface area contributed by atoms with Crippen molar-refractivity contribution in [2.75, 3.05) is 26.4 Å². The first kappa shape index (κ1) is 17.8. The number of carbonyl (C=O) groups is 1. The highest BCUT2D eigenvalue weighted by Crippen LogP contribution is 2.29. The maximum Gasteiger partial charge on any atom is 0.441 e. The molecule has 21 heavy (non-hydrogen) atoms. The van der Waals surface area contributed by atoms with Gasteiger partial charge in [-0.1, -0.05) is 24.3 Å². The van der Waals surface area contributed by atoms with E-state index in [9.17, 15) is 18.0 Å². The highest BCUT2D eigenvalue weighted by atomic mass is 32.2. The van der Waals surface area contributed by atoms with E-state index in [4.69, 9.17) is 0 Å². The van der Waals surface area contributed by atoms with Crippen LogP contribution in [0.2, 0.25) is 0 Å². The number of carbonyl (C=O) groups excluding carboxylic acids is 1. The van der Waals surface area contributed by atoms with Gasteiger partial charge in [0.05, 0.1) is 0 Å². The second-order valence-electron chi connectivity index (χ2n) is 4.81. The van der Waals surface area contributed by atoms with Crippen LogP contribution >= 0.6 is 11.8 Å². The van der Waals surface area contributed by atoms with E-state index in [2.05, 4.69) is 5.32 Å². The van der Waals surface area contributed by atoms with E-state index in [1.807, 2.05) is 31.2 Å². The van der Waals surface area contributed by atoms with Crippen LogP contribution in [0.4, 0.5) is 13.2 Å². The van der Waals surface area contributed by atoms with Gasteiger partial charge in [0.1, 0.15) is 6.04 Å². The Bertz CT molecular complexity index is 478. The Hall–Kier alpha value is -1.21. The SMILES string of the molecule is Cc1ccccc1C(C(=O)NCCSC(F)(F)F)N(C)C. The molecular formula is C14H19F3N2OS. The number of nitrogens with zero attached hydrogens (tertiary/aromatic N) is 1. The molecule has 0 radical (unpaired) electrons. The lowest BCUT2D eigenvalue weighted by Crippen LogP contribution is -2.38. The summed E-state index contributed by atoms with van der Waals surface area (Å²) in [6.07, 6.45) is 0. The van der Waals surface area contributed by atoms with Crippen molar-refractivity contribution in [1.29, 1.82) is 0 Å². The van der Waals surface area contributed by atoms with Gasteiger partial charge in [-0.3, -0.25) is 9.69 Å². The normalized spacial score (nSPS) is 13.3. The van der Waals surface area contributed by atoms with Gasteiger partial charge in [-0.2, -0.15) is 13.2 Å². The number of nitrogens with one attached hydrogen (secondary N) is 1. The fourth-order valence-corrected chi connectivity index (χ4v) is 2.42. The van der Waals surface area contributed by atoms with Crippen LogP contribution < -0.4 is 5.32 Å². The summed E-state index contributed by atoms with van der Waals surface area (Å²) in [5.41, 5.74) is -2.44. The summed E-state index contributed by atoms with van der Waals surface area (Å²) < 4.78 is 36.1. The molecule has 0 bridgehead atoms. The monoisotopic (exact) mass is 320 g/mol. The molecule has 0 aliphatic rings. The highest BCUT2D eigenvalue weighted by molar-refractivity contribution is 8.00. The van der Waals surface area contributed by atoms with E-state index in [0.29, 0.717) is 0 Å². The average molecular weight is 320 g/mol. The van der Waals surface area contributed by atoms with Crippen molar-refractivity contribution in [2.45, 2.75) is 18.5 Å². The second kappa shape index (κ2) is 7.70. The van der Waals surface area contributed by atoms with Gasteiger partial charge in [0.25, 0.3) is 0 Å². The smallest absolute Gasteiger partial charge is 0.354 e. The Morgan fingerprint density at radius 3 is 2.48 bits per heavy atom. The molecule has 1 N–H and O–H groups in total. The molecule has 1 aromatic carbocycles. The Morgan fingerprint density at radius 2 is 1.95 bits per heavy atom. The zero-order valence-electron chi connectivity index (χ0n) is 12.2. The van der Waals surface area contributed by atoms with Crippen LogP contribution in [0, 0.1) is 6.92 Å². The van der Waals surface area contributed by atoms with Crippen molar-refractivity contribution < 1.29 is 18.0 Å². The summed E-state index contributed by atoms with van der Waals surface area (Å²) in [5, 5.41) is 2.56. The summed E-state index contributed by atoms with van der Waals surface area (Å²) in [5.74, 6) is -0.486. The number of benzene rings is 1. The minimum atomic E-state index is -4.26. The molecular weight excluding hydrogens is 301 g/mol. The zero-order chi connectivity index (χ0) is 16.0. The average Bonchev–Trinajstić information content (AvgIpc) is 2.36. The van der Waals surface area contributed by atoms with Crippen molar-refractivity contribution in [2.24, 2.45) is 0 Å². The van der Waals surface area contributed by atoms with Crippen molar-refractivity contribution in [3.63, 3.8) is 0 Å². The van der Waals surface area contributed by atoms with E-state index in [1.54, 1.807) is 19.0 Å². The molecule has 0 heterocycles. The Balaban J connectivity index is 2.66. The predicted octanol–water partition coefficient (Wildman–Crippen LogP) is 2.97. The molecule has 0 spiro atoms. The lowest BCUT2D eigenvalue weighted by molar-refractivity contribution is -0.125. The van der Waals surface area contributed by atoms with E-state index in [-0.39, 0.29) is 30.0 Å². The van der Waals surface area contributed by atoms with Gasteiger partial charge in [0.15, 0.2) is 0 Å². The first-order valence-electron chi connectivity index (χ1n) is 6.42. The Kier molecular flexibility index (Phi) is 6.54. The molecule has 1 aromatic rings. The molecule has 0 aliphatic carbocycles. The summed E-state index contributed by atoms with van der Waals surface area (Å²) in [7, 11) is 3.53. The topological polar surface area (TPSA) is 32.3 Å². The third kappa shape index (κ3) is 5.97. The molecule has 0 saturated carbocycles. The van der Waals surface area contributed by atoms with Gasteiger partial charge in [0, 0.05) is 12.3 Å². The molecule has 1 unspecified atom stereocenters. The van der Waals surface area contributed by atoms with Crippen molar-refractivity contribution in [3.05, 3.63) is 35.4 Å². The summed E-state index contributed by atoms with van der Waals surface area (Å²) in [6, 6.07) is 6.96. The fourth-order valence-electron chi connectivity index (χ4n) is 1.99. The van der Waals surface area contributed by atoms with Gasteiger partial charge in [-0.15, -0.1) is 0 Å². The molecule has 0 aromatic heterocycles. The number of aryl methyl sites for hydroxylation is 1. The zero-order valence-corrected chi connectivity index (χ0v) is 13.0. The van der Waals surface area contributed by atoms with Crippen LogP contribution in [-0.2, 0) is 4.79 Å². The molecule has 1 amide bonds. The Morgan fingerprint density at radius 1 is 1.33 bits per heavy atom. The first-order valence-corrected chi connectivity index (χ1v) is 7.41. The summed E-state index contributed by atoms with van der Waals surface area (Å²) in [4.78, 5) is 14.0. The van der Waals surface area contributed by atoms with Gasteiger partial charge in [-0.25, -0.2) is 0 Å². The van der Waals surface area contributed by atoms with Crippen LogP contribution in [0.25, 0.3) is 0 Å². The second-order valence-corrected chi connectivity index (χ2v) is 5.97. The van der Waals surface area contributed by atoms with Crippen LogP contribution in [0.5, 0.6) is 0 Å². The predicted molar refractivity (Wildman–Crippen MR) is 79.1 cm³/mol. The van der Waals surface area contributed by atoms with Gasteiger partial charge >= 0.3 is 5.51 Å². The molecule has 0 fully saturated rings. The number of amides is 1. The summed E-state index contributed by atoms with van der Waals surface area (Å²) in [6.45, 7) is 1.89. The number of hydrogen-bond acceptors (Lipinski definition) is 3. The van der Waals surface area contributed by atoms with Crippen molar-refractivity contribution in [3.8, 4) is 0 Å². The molecule has 118 valence electrons. The highest BCUT2D eigenvalue weighted by Gasteiger charge is 2.28. The van der Waals surface area contributed by atoms with Gasteiger partial charge < -0.3 is 5.32 Å². The number of hydrogen-bond donors (Lipinski definition) is 1. The van der Waals surface area contributed by atoms with Crippen molar-refractivity contribution >= 4 is 17.7 Å². The lowest BCUT2D eigenvalue weighted by Gasteiger charge is -2.25. The van der Waals surface area contributed by atoms with Crippen LogP contribution in [0.15, 0.2) is 24.3 Å². The Labute approximate surface area is 126 Å². The maximum absolute atomic E-state index is 12.2. The molecule has 1 atom stereocenters. The van der Waals surface area contributed by atoms with Crippen LogP contribution in [0.3, 0.4) is 0 Å². The lowest BCUT2D eigenvalue weighted by atomic mass is 10.00. The van der Waals surface area contributed by atoms with Crippen molar-refractivity contribution in [1.82, 2.24) is 10.2 Å². The molecule has 0 aliphatic heterocycles. The van der Waals surface area contributed by atoms with Gasteiger partial charge in [0.2, 0.25) is 5.91 Å². The van der Waals surface area contributed by atoms with E-state index in [1.165, 1.54) is 0 Å². The molecule has 1 rings (SSSR count). The van der Waals surface area contributed by atoms with Gasteiger partial charge in [-0.05, 0) is 43.9 Å². The third-order valence-corrected chi connectivity index (χ3v) is 3.65. The number of halogens is 3. The number of rotatable bonds is 6. The number of alkyl halides is 3. The van der Waals surface area contributed by atoms with E-state index in [0.717, 1.165) is 11.1 Å². The van der Waals surface area contributed by atoms with E-state index < -0.39 is 11.6 Å². The molecule has 3 nitrogen and oxygen atoms in total. The fraction of sp³-hybridized carbons (Fsp3) is 0.500. The minimum absolute atomic E-state index is 0.0147. The molecule has 0 saturated heterocycles. The number of likely N-dealkylation sites (N-methyl/N-ethyl adjacent to an activating group) is 1. The number of thioether (sulfide) groups is 1. The standard InChI is InChI=1S/C14H19F3N2OS/c1-10-6-4-5-7-11(10)12(19(2)3)13(20)18-8-9-21-14(15,16)17/h4-7,12H,8-9H2,1-3H3,(H,18,20). The minimum Gasteiger partial charge on any atom is -0.354 e. The van der Waals surface area contributed by atoms with E-state index >= 15 is 0 Å². The quantitative estimate of drug-likeness (QED) is 0.818. The van der Waals surface area contributed by atoms with Crippen LogP contribution in [-0.4, -0.2) is 42.7 Å².